The van der Waals surface area contributed by atoms with Crippen LogP contribution in [0.1, 0.15) is 17.2 Å². The minimum Gasteiger partial charge on any atom is -0.710 e. The van der Waals surface area contributed by atoms with Crippen LogP contribution >= 0.6 is 0 Å². The van der Waals surface area contributed by atoms with Gasteiger partial charge in [0, 0.05) is 33.1 Å². The number of aromatic nitrogens is 2. The summed E-state index contributed by atoms with van der Waals surface area (Å²) in [6.45, 7) is 8.58. The first kappa shape index (κ1) is 16.4. The van der Waals surface area contributed by atoms with Gasteiger partial charge in [-0.1, -0.05) is 0 Å². The van der Waals surface area contributed by atoms with Crippen molar-refractivity contribution >= 4 is 0 Å². The van der Waals surface area contributed by atoms with Crippen molar-refractivity contribution < 1.29 is 19.3 Å². The van der Waals surface area contributed by atoms with Gasteiger partial charge in [0.1, 0.15) is 12.2 Å². The van der Waals surface area contributed by atoms with Gasteiger partial charge in [0.15, 0.2) is 0 Å². The minimum atomic E-state index is -0.00257. The van der Waals surface area contributed by atoms with Crippen LogP contribution in [0, 0.1) is 12.1 Å². The molecule has 2 aliphatic rings. The zero-order valence-corrected chi connectivity index (χ0v) is 13.5. The summed E-state index contributed by atoms with van der Waals surface area (Å²) in [5.74, 6) is 0.433. The Kier molecular flexibility index (Phi) is 5.27. The molecule has 0 radical (unpaired) electrons. The van der Waals surface area contributed by atoms with Crippen LogP contribution in [0.25, 0.3) is 0 Å². The second-order valence-electron chi connectivity index (χ2n) is 5.98. The molecular weight excluding hydrogens is 300 g/mol. The highest BCUT2D eigenvalue weighted by molar-refractivity contribution is 5.27. The monoisotopic (exact) mass is 324 g/mol. The zero-order valence-electron chi connectivity index (χ0n) is 13.5. The summed E-state index contributed by atoms with van der Waals surface area (Å²) < 4.78 is 11.4. The summed E-state index contributed by atoms with van der Waals surface area (Å²) in [7, 11) is 0. The third-order valence-corrected chi connectivity index (χ3v) is 4.36. The zero-order chi connectivity index (χ0) is 16.2. The quantitative estimate of drug-likeness (QED) is 0.584. The van der Waals surface area contributed by atoms with E-state index >= 15 is 0 Å². The smallest absolute Gasteiger partial charge is 0.316 e. The lowest BCUT2D eigenvalue weighted by atomic mass is 10.2. The molecule has 128 valence electrons. The van der Waals surface area contributed by atoms with E-state index in [0.717, 1.165) is 30.9 Å². The maximum absolute atomic E-state index is 12.3. The van der Waals surface area contributed by atoms with Gasteiger partial charge < -0.3 is 19.8 Å². The number of morpholine rings is 2. The van der Waals surface area contributed by atoms with Crippen LogP contribution in [0.15, 0.2) is 0 Å². The summed E-state index contributed by atoms with van der Waals surface area (Å²) in [5.41, 5.74) is 0.881. The summed E-state index contributed by atoms with van der Waals surface area (Å²) in [6, 6.07) is 0. The topological polar surface area (TPSA) is 85.0 Å². The lowest BCUT2D eigenvalue weighted by Gasteiger charge is -2.27. The van der Waals surface area contributed by atoms with Gasteiger partial charge in [0.25, 0.3) is 0 Å². The Balaban J connectivity index is 1.78. The molecule has 2 saturated heterocycles. The SMILES string of the molecule is Cc1c(O)c(CN2CCOCC2)nc(CN2CCOCC2)[n+]1[O-]. The van der Waals surface area contributed by atoms with Gasteiger partial charge in [-0.2, -0.15) is 0 Å². The fourth-order valence-corrected chi connectivity index (χ4v) is 2.89. The fraction of sp³-hybridized carbons (Fsp3) is 0.733. The second kappa shape index (κ2) is 7.39. The Morgan fingerprint density at radius 2 is 1.57 bits per heavy atom. The summed E-state index contributed by atoms with van der Waals surface area (Å²) in [5, 5.41) is 22.6. The predicted octanol–water partition coefficient (Wildman–Crippen LogP) is -0.607. The molecule has 3 heterocycles. The van der Waals surface area contributed by atoms with Crippen molar-refractivity contribution in [3.8, 4) is 5.75 Å². The molecule has 8 nitrogen and oxygen atoms in total. The predicted molar refractivity (Wildman–Crippen MR) is 81.8 cm³/mol. The molecule has 0 atom stereocenters. The Bertz CT molecular complexity index is 499. The molecule has 0 bridgehead atoms. The van der Waals surface area contributed by atoms with Crippen LogP contribution in [0.4, 0.5) is 0 Å². The highest BCUT2D eigenvalue weighted by Crippen LogP contribution is 2.20. The first-order valence-corrected chi connectivity index (χ1v) is 8.06. The summed E-state index contributed by atoms with van der Waals surface area (Å²) >= 11 is 0. The average molecular weight is 324 g/mol. The van der Waals surface area contributed by atoms with Crippen molar-refractivity contribution in [3.63, 3.8) is 0 Å². The first-order chi connectivity index (χ1) is 11.1. The maximum Gasteiger partial charge on any atom is 0.316 e. The maximum atomic E-state index is 12.3. The summed E-state index contributed by atoms with van der Waals surface area (Å²) in [6.07, 6.45) is 0. The van der Waals surface area contributed by atoms with E-state index in [2.05, 4.69) is 14.8 Å². The largest absolute Gasteiger partial charge is 0.710 e. The van der Waals surface area contributed by atoms with E-state index in [-0.39, 0.29) is 5.75 Å². The van der Waals surface area contributed by atoms with Crippen LogP contribution in [0.3, 0.4) is 0 Å². The van der Waals surface area contributed by atoms with E-state index in [0.29, 0.717) is 56.7 Å². The first-order valence-electron chi connectivity index (χ1n) is 8.06. The van der Waals surface area contributed by atoms with E-state index in [1.54, 1.807) is 6.92 Å². The van der Waals surface area contributed by atoms with Crippen molar-refractivity contribution in [1.29, 1.82) is 0 Å². The fourth-order valence-electron chi connectivity index (χ4n) is 2.89. The van der Waals surface area contributed by atoms with Crippen molar-refractivity contribution in [2.24, 2.45) is 0 Å². The van der Waals surface area contributed by atoms with Crippen LogP contribution in [-0.2, 0) is 22.6 Å². The third kappa shape index (κ3) is 3.89. The highest BCUT2D eigenvalue weighted by Gasteiger charge is 2.25. The molecule has 0 spiro atoms. The molecule has 1 aromatic rings. The third-order valence-electron chi connectivity index (χ3n) is 4.36. The number of nitrogens with zero attached hydrogens (tertiary/aromatic N) is 4. The number of hydrogen-bond acceptors (Lipinski definition) is 7. The van der Waals surface area contributed by atoms with Gasteiger partial charge in [0.05, 0.1) is 33.0 Å². The molecule has 1 aromatic heterocycles. The van der Waals surface area contributed by atoms with E-state index in [1.165, 1.54) is 0 Å². The Morgan fingerprint density at radius 1 is 1.04 bits per heavy atom. The second-order valence-corrected chi connectivity index (χ2v) is 5.98. The van der Waals surface area contributed by atoms with Gasteiger partial charge >= 0.3 is 5.82 Å². The van der Waals surface area contributed by atoms with Crippen LogP contribution in [-0.4, -0.2) is 72.5 Å². The van der Waals surface area contributed by atoms with Crippen LogP contribution in [0.5, 0.6) is 5.75 Å². The van der Waals surface area contributed by atoms with E-state index in [4.69, 9.17) is 9.47 Å². The van der Waals surface area contributed by atoms with Crippen molar-refractivity contribution in [3.05, 3.63) is 22.4 Å². The highest BCUT2D eigenvalue weighted by atomic mass is 16.5. The normalized spacial score (nSPS) is 20.7. The number of rotatable bonds is 4. The van der Waals surface area contributed by atoms with Crippen molar-refractivity contribution in [2.75, 3.05) is 52.6 Å². The molecule has 8 heteroatoms. The molecular formula is C15H24N4O4. The van der Waals surface area contributed by atoms with Crippen LogP contribution < -0.4 is 4.73 Å². The van der Waals surface area contributed by atoms with Gasteiger partial charge in [-0.25, -0.2) is 4.73 Å². The van der Waals surface area contributed by atoms with Gasteiger partial charge in [0.2, 0.25) is 11.4 Å². The van der Waals surface area contributed by atoms with Crippen molar-refractivity contribution in [1.82, 2.24) is 14.8 Å². The lowest BCUT2D eigenvalue weighted by molar-refractivity contribution is -0.626. The van der Waals surface area contributed by atoms with Crippen LogP contribution in [0.2, 0.25) is 0 Å². The molecule has 2 fully saturated rings. The molecule has 0 saturated carbocycles. The van der Waals surface area contributed by atoms with Gasteiger partial charge in [-0.3, -0.25) is 9.80 Å². The molecule has 1 N–H and O–H groups in total. The Morgan fingerprint density at radius 3 is 2.13 bits per heavy atom. The molecule has 3 rings (SSSR count). The van der Waals surface area contributed by atoms with Gasteiger partial charge in [-0.05, 0) is 4.98 Å². The molecule has 23 heavy (non-hydrogen) atoms. The molecule has 0 unspecified atom stereocenters. The summed E-state index contributed by atoms with van der Waals surface area (Å²) in [4.78, 5) is 8.78. The molecule has 0 aliphatic carbocycles. The molecule has 2 aliphatic heterocycles. The standard InChI is InChI=1S/C15H24N4O4/c1-12-15(20)13(10-17-2-6-22-7-3-17)16-14(19(12)21)11-18-4-8-23-9-5-18/h20H,2-11H2,1H3. The Labute approximate surface area is 135 Å². The number of aromatic hydroxyl groups is 1. The van der Waals surface area contributed by atoms with E-state index < -0.39 is 0 Å². The molecule has 0 aromatic carbocycles. The average Bonchev–Trinajstić information content (AvgIpc) is 2.59. The molecule has 0 amide bonds. The van der Waals surface area contributed by atoms with E-state index in [1.807, 2.05) is 0 Å². The number of ether oxygens (including phenoxy) is 2. The number of hydrogen-bond donors (Lipinski definition) is 1. The van der Waals surface area contributed by atoms with E-state index in [9.17, 15) is 10.3 Å². The Hall–Kier alpha value is -1.48. The lowest BCUT2D eigenvalue weighted by Crippen LogP contribution is -2.44. The van der Waals surface area contributed by atoms with Gasteiger partial charge in [-0.15, -0.1) is 0 Å². The van der Waals surface area contributed by atoms with Crippen molar-refractivity contribution in [2.45, 2.75) is 20.0 Å². The minimum absolute atomic E-state index is 0.00257.